The number of aryl methyl sites for hydroxylation is 1. The number of nitrogens with zero attached hydrogens (tertiary/aromatic N) is 4. The maximum absolute atomic E-state index is 11.7. The lowest BCUT2D eigenvalue weighted by Gasteiger charge is -2.06. The smallest absolute Gasteiger partial charge is 0.344 e. The van der Waals surface area contributed by atoms with Crippen molar-refractivity contribution in [1.82, 2.24) is 9.78 Å². The molecule has 3 aromatic rings. The summed E-state index contributed by atoms with van der Waals surface area (Å²) >= 11 is 17.5. The van der Waals surface area contributed by atoms with Gasteiger partial charge < -0.3 is 9.84 Å². The van der Waals surface area contributed by atoms with Crippen molar-refractivity contribution >= 4 is 57.7 Å². The highest BCUT2D eigenvalue weighted by atomic mass is 35.5. The van der Waals surface area contributed by atoms with Gasteiger partial charge in [0.05, 0.1) is 34.3 Å². The molecule has 182 valence electrons. The van der Waals surface area contributed by atoms with Gasteiger partial charge in [-0.1, -0.05) is 47.6 Å². The van der Waals surface area contributed by atoms with Crippen molar-refractivity contribution in [3.05, 3.63) is 73.4 Å². The van der Waals surface area contributed by atoms with Crippen molar-refractivity contribution in [2.24, 2.45) is 12.0 Å². The van der Waals surface area contributed by atoms with E-state index in [4.69, 9.17) is 35.4 Å². The Hall–Kier alpha value is -3.34. The average Bonchev–Trinajstić information content (AvgIpc) is 3.12. The predicted octanol–water partition coefficient (Wildman–Crippen LogP) is 5.22. The number of carbonyl (C=O) groups excluding carboxylic acids is 1. The Bertz CT molecular complexity index is 1370. The predicted molar refractivity (Wildman–Crippen MR) is 138 cm³/mol. The first-order valence-corrected chi connectivity index (χ1v) is 11.3. The van der Waals surface area contributed by atoms with Gasteiger partial charge in [-0.05, 0) is 30.7 Å². The standard InChI is InChI=1S/C23H20Cl2N4O5S/c1-12(20-22(30)21(28(2)27-20)14-5-7-17(24)18(25)10-14)26-11-15(35)8-13-4-6-16(23(31)34-3)19(9-13)29(32)33/h4-7,9-10,30H,8,11H2,1-3H3. The van der Waals surface area contributed by atoms with Crippen LogP contribution in [0, 0.1) is 10.1 Å². The Morgan fingerprint density at radius 1 is 1.26 bits per heavy atom. The van der Waals surface area contributed by atoms with Gasteiger partial charge in [-0.15, -0.1) is 0 Å². The van der Waals surface area contributed by atoms with Crippen LogP contribution in [0.3, 0.4) is 0 Å². The minimum Gasteiger partial charge on any atom is -0.504 e. The lowest BCUT2D eigenvalue weighted by Crippen LogP contribution is -2.09. The molecule has 1 N–H and O–H groups in total. The van der Waals surface area contributed by atoms with Gasteiger partial charge in [0.1, 0.15) is 17.0 Å². The number of aliphatic imine (C=N–C) groups is 1. The maximum Gasteiger partial charge on any atom is 0.344 e. The van der Waals surface area contributed by atoms with Crippen LogP contribution < -0.4 is 0 Å². The zero-order chi connectivity index (χ0) is 25.9. The van der Waals surface area contributed by atoms with E-state index in [-0.39, 0.29) is 35.7 Å². The summed E-state index contributed by atoms with van der Waals surface area (Å²) in [7, 11) is 2.84. The number of thiocarbonyl (C=S) groups is 1. The monoisotopic (exact) mass is 534 g/mol. The largest absolute Gasteiger partial charge is 0.504 e. The van der Waals surface area contributed by atoms with E-state index in [1.165, 1.54) is 16.8 Å². The van der Waals surface area contributed by atoms with E-state index >= 15 is 0 Å². The molecule has 0 amide bonds. The molecule has 0 fully saturated rings. The molecule has 0 aliphatic heterocycles. The summed E-state index contributed by atoms with van der Waals surface area (Å²) in [5.41, 5.74) is 1.90. The van der Waals surface area contributed by atoms with Crippen LogP contribution in [0.1, 0.15) is 28.5 Å². The Morgan fingerprint density at radius 3 is 2.60 bits per heavy atom. The first-order chi connectivity index (χ1) is 16.5. The molecule has 0 atom stereocenters. The highest BCUT2D eigenvalue weighted by Crippen LogP contribution is 2.35. The number of methoxy groups -OCH3 is 1. The summed E-state index contributed by atoms with van der Waals surface area (Å²) in [5.74, 6) is -0.853. The normalized spacial score (nSPS) is 11.4. The molecule has 0 radical (unpaired) electrons. The molecule has 1 heterocycles. The lowest BCUT2D eigenvalue weighted by atomic mass is 10.0. The number of ether oxygens (including phenoxy) is 1. The van der Waals surface area contributed by atoms with Crippen LogP contribution in [-0.2, 0) is 18.2 Å². The average molecular weight is 535 g/mol. The number of aromatic nitrogens is 2. The van der Waals surface area contributed by atoms with Gasteiger partial charge in [0, 0.05) is 30.0 Å². The van der Waals surface area contributed by atoms with Crippen LogP contribution in [0.2, 0.25) is 10.0 Å². The number of nitro benzene ring substituents is 1. The number of aromatic hydroxyl groups is 1. The van der Waals surface area contributed by atoms with Crippen LogP contribution >= 0.6 is 35.4 Å². The molecule has 2 aromatic carbocycles. The highest BCUT2D eigenvalue weighted by molar-refractivity contribution is 7.80. The number of esters is 1. The van der Waals surface area contributed by atoms with Crippen molar-refractivity contribution in [1.29, 1.82) is 0 Å². The number of carbonyl (C=O) groups is 1. The quantitative estimate of drug-likeness (QED) is 0.138. The zero-order valence-corrected chi connectivity index (χ0v) is 21.2. The molecule has 0 spiro atoms. The second-order valence-electron chi connectivity index (χ2n) is 7.52. The van der Waals surface area contributed by atoms with Gasteiger partial charge in [0.15, 0.2) is 5.75 Å². The number of benzene rings is 2. The second-order valence-corrected chi connectivity index (χ2v) is 8.91. The van der Waals surface area contributed by atoms with E-state index in [1.807, 2.05) is 0 Å². The zero-order valence-electron chi connectivity index (χ0n) is 18.9. The van der Waals surface area contributed by atoms with Crippen LogP contribution in [-0.4, -0.2) is 50.0 Å². The van der Waals surface area contributed by atoms with E-state index in [0.29, 0.717) is 37.4 Å². The van der Waals surface area contributed by atoms with E-state index in [0.717, 1.165) is 7.11 Å². The van der Waals surface area contributed by atoms with Crippen LogP contribution in [0.4, 0.5) is 5.69 Å². The van der Waals surface area contributed by atoms with E-state index in [9.17, 15) is 20.0 Å². The van der Waals surface area contributed by atoms with Gasteiger partial charge in [-0.25, -0.2) is 4.79 Å². The Labute approximate surface area is 216 Å². The van der Waals surface area contributed by atoms with Crippen molar-refractivity contribution in [2.45, 2.75) is 13.3 Å². The molecule has 0 aliphatic rings. The minimum absolute atomic E-state index is 0.0629. The third kappa shape index (κ3) is 5.84. The van der Waals surface area contributed by atoms with E-state index in [2.05, 4.69) is 14.8 Å². The van der Waals surface area contributed by atoms with Crippen molar-refractivity contribution in [2.75, 3.05) is 13.7 Å². The fraction of sp³-hybridized carbons (Fsp3) is 0.217. The fourth-order valence-corrected chi connectivity index (χ4v) is 3.94. The van der Waals surface area contributed by atoms with Crippen molar-refractivity contribution < 1.29 is 19.6 Å². The minimum atomic E-state index is -0.790. The number of hydrogen-bond donors (Lipinski definition) is 1. The molecule has 3 rings (SSSR count). The molecule has 0 bridgehead atoms. The molecule has 0 aliphatic carbocycles. The Kier molecular flexibility index (Phi) is 8.21. The highest BCUT2D eigenvalue weighted by Gasteiger charge is 2.22. The molecule has 0 saturated carbocycles. The van der Waals surface area contributed by atoms with Gasteiger partial charge in [-0.2, -0.15) is 5.10 Å². The molecule has 35 heavy (non-hydrogen) atoms. The summed E-state index contributed by atoms with van der Waals surface area (Å²) in [6.07, 6.45) is 0.233. The van der Waals surface area contributed by atoms with E-state index < -0.39 is 10.9 Å². The number of nitro groups is 1. The van der Waals surface area contributed by atoms with Gasteiger partial charge in [0.2, 0.25) is 0 Å². The first-order valence-electron chi connectivity index (χ1n) is 10.1. The van der Waals surface area contributed by atoms with Gasteiger partial charge in [-0.3, -0.25) is 19.8 Å². The van der Waals surface area contributed by atoms with Crippen LogP contribution in [0.5, 0.6) is 5.75 Å². The summed E-state index contributed by atoms with van der Waals surface area (Å²) in [5, 5.41) is 27.3. The third-order valence-corrected chi connectivity index (χ3v) is 6.13. The molecule has 0 unspecified atom stereocenters. The molecule has 0 saturated heterocycles. The molecular formula is C23H20Cl2N4O5S. The molecular weight excluding hydrogens is 515 g/mol. The first kappa shape index (κ1) is 26.3. The Morgan fingerprint density at radius 2 is 1.97 bits per heavy atom. The summed E-state index contributed by atoms with van der Waals surface area (Å²) in [6, 6.07) is 9.21. The lowest BCUT2D eigenvalue weighted by molar-refractivity contribution is -0.385. The summed E-state index contributed by atoms with van der Waals surface area (Å²) in [4.78, 5) is 27.4. The Balaban J connectivity index is 1.78. The maximum atomic E-state index is 11.7. The number of halogens is 2. The van der Waals surface area contributed by atoms with Crippen molar-refractivity contribution in [3.8, 4) is 17.0 Å². The van der Waals surface area contributed by atoms with Crippen LogP contribution in [0.25, 0.3) is 11.3 Å². The van der Waals surface area contributed by atoms with Gasteiger partial charge >= 0.3 is 5.97 Å². The number of rotatable bonds is 8. The van der Waals surface area contributed by atoms with Crippen LogP contribution in [0.15, 0.2) is 41.4 Å². The third-order valence-electron chi connectivity index (χ3n) is 5.12. The van der Waals surface area contributed by atoms with Gasteiger partial charge in [0.25, 0.3) is 5.69 Å². The summed E-state index contributed by atoms with van der Waals surface area (Å²) < 4.78 is 6.10. The molecule has 12 heteroatoms. The topological polar surface area (TPSA) is 120 Å². The molecule has 1 aromatic heterocycles. The fourth-order valence-electron chi connectivity index (χ4n) is 3.41. The second kappa shape index (κ2) is 10.9. The van der Waals surface area contributed by atoms with E-state index in [1.54, 1.807) is 38.2 Å². The summed E-state index contributed by atoms with van der Waals surface area (Å²) in [6.45, 7) is 1.82. The SMILES string of the molecule is COC(=O)c1ccc(CC(=S)CN=C(C)c2nn(C)c(-c3ccc(Cl)c(Cl)c3)c2O)cc1[N+](=O)[O-]. The van der Waals surface area contributed by atoms with Crippen molar-refractivity contribution in [3.63, 3.8) is 0 Å². The number of hydrogen-bond acceptors (Lipinski definition) is 8. The molecule has 9 nitrogen and oxygen atoms in total.